The van der Waals surface area contributed by atoms with Gasteiger partial charge in [-0.25, -0.2) is 13.2 Å². The number of carbonyl (C=O) groups excluding carboxylic acids is 2. The van der Waals surface area contributed by atoms with Crippen molar-refractivity contribution >= 4 is 33.4 Å². The number of ketones is 1. The molecule has 0 aliphatic carbocycles. The summed E-state index contributed by atoms with van der Waals surface area (Å²) < 4.78 is 30.1. The van der Waals surface area contributed by atoms with Crippen LogP contribution in [0.4, 0.5) is 0 Å². The lowest BCUT2D eigenvalue weighted by Crippen LogP contribution is -2.27. The standard InChI is InChI=1S/C15H20ClNO6S/c1-15(2,3)13(18)9-23-14(19)10-6-7-11(16)12(8-10)24(20,21)17(4)22-5/h6-8H,9H2,1-5H3. The molecule has 1 aromatic rings. The van der Waals surface area contributed by atoms with Crippen molar-refractivity contribution in [1.29, 1.82) is 0 Å². The largest absolute Gasteiger partial charge is 0.454 e. The number of ether oxygens (including phenoxy) is 1. The summed E-state index contributed by atoms with van der Waals surface area (Å²) in [6, 6.07) is 3.66. The van der Waals surface area contributed by atoms with E-state index in [0.29, 0.717) is 4.47 Å². The Balaban J connectivity index is 3.05. The van der Waals surface area contributed by atoms with Crippen molar-refractivity contribution in [3.8, 4) is 0 Å². The summed E-state index contributed by atoms with van der Waals surface area (Å²) in [6.07, 6.45) is 0. The smallest absolute Gasteiger partial charge is 0.338 e. The molecule has 0 aromatic heterocycles. The maximum Gasteiger partial charge on any atom is 0.338 e. The van der Waals surface area contributed by atoms with Crippen LogP contribution >= 0.6 is 11.6 Å². The van der Waals surface area contributed by atoms with Crippen LogP contribution in [0.3, 0.4) is 0 Å². The van der Waals surface area contributed by atoms with E-state index in [2.05, 4.69) is 4.84 Å². The highest BCUT2D eigenvalue weighted by molar-refractivity contribution is 7.89. The average molecular weight is 378 g/mol. The number of hydrogen-bond donors (Lipinski definition) is 0. The van der Waals surface area contributed by atoms with Crippen LogP contribution in [-0.4, -0.2) is 45.4 Å². The predicted molar refractivity (Wildman–Crippen MR) is 88.2 cm³/mol. The number of nitrogens with zero attached hydrogens (tertiary/aromatic N) is 1. The zero-order valence-electron chi connectivity index (χ0n) is 14.1. The Morgan fingerprint density at radius 1 is 1.25 bits per heavy atom. The number of halogens is 1. The molecule has 1 rings (SSSR count). The highest BCUT2D eigenvalue weighted by Gasteiger charge is 2.26. The summed E-state index contributed by atoms with van der Waals surface area (Å²) in [6.45, 7) is 4.72. The first-order valence-electron chi connectivity index (χ1n) is 6.94. The minimum Gasteiger partial charge on any atom is -0.454 e. The number of sulfonamides is 1. The van der Waals surface area contributed by atoms with Gasteiger partial charge in [0.15, 0.2) is 12.4 Å². The lowest BCUT2D eigenvalue weighted by Gasteiger charge is -2.17. The third-order valence-electron chi connectivity index (χ3n) is 3.21. The number of esters is 1. The maximum atomic E-state index is 12.3. The number of benzene rings is 1. The van der Waals surface area contributed by atoms with E-state index < -0.39 is 28.0 Å². The normalized spacial score (nSPS) is 12.3. The first-order valence-corrected chi connectivity index (χ1v) is 8.76. The zero-order valence-corrected chi connectivity index (χ0v) is 15.7. The van der Waals surface area contributed by atoms with Crippen LogP contribution in [0.15, 0.2) is 23.1 Å². The lowest BCUT2D eigenvalue weighted by atomic mass is 9.91. The van der Waals surface area contributed by atoms with E-state index in [1.807, 2.05) is 0 Å². The molecular formula is C15H20ClNO6S. The fourth-order valence-corrected chi connectivity index (χ4v) is 2.97. The van der Waals surface area contributed by atoms with Gasteiger partial charge < -0.3 is 4.74 Å². The van der Waals surface area contributed by atoms with E-state index in [0.717, 1.165) is 6.07 Å². The molecule has 0 amide bonds. The molecule has 0 saturated heterocycles. The van der Waals surface area contributed by atoms with Crippen LogP contribution in [0.2, 0.25) is 5.02 Å². The molecule has 0 bridgehead atoms. The van der Waals surface area contributed by atoms with Gasteiger partial charge in [0.1, 0.15) is 4.90 Å². The Morgan fingerprint density at radius 3 is 2.33 bits per heavy atom. The van der Waals surface area contributed by atoms with Gasteiger partial charge in [-0.3, -0.25) is 9.63 Å². The molecule has 0 aliphatic heterocycles. The van der Waals surface area contributed by atoms with Crippen molar-refractivity contribution in [2.45, 2.75) is 25.7 Å². The summed E-state index contributed by atoms with van der Waals surface area (Å²) in [5.74, 6) is -1.07. The van der Waals surface area contributed by atoms with E-state index in [-0.39, 0.29) is 21.3 Å². The second-order valence-electron chi connectivity index (χ2n) is 5.99. The lowest BCUT2D eigenvalue weighted by molar-refractivity contribution is -0.129. The molecule has 1 aromatic carbocycles. The number of carbonyl (C=O) groups is 2. The summed E-state index contributed by atoms with van der Waals surface area (Å²) in [7, 11) is -1.65. The van der Waals surface area contributed by atoms with E-state index >= 15 is 0 Å². The quantitative estimate of drug-likeness (QED) is 0.558. The van der Waals surface area contributed by atoms with E-state index in [4.69, 9.17) is 16.3 Å². The van der Waals surface area contributed by atoms with Crippen LogP contribution in [0, 0.1) is 5.41 Å². The Bertz CT molecular complexity index is 739. The Kier molecular flexibility index (Phi) is 6.52. The predicted octanol–water partition coefficient (Wildman–Crippen LogP) is 2.29. The molecule has 7 nitrogen and oxygen atoms in total. The SMILES string of the molecule is CON(C)S(=O)(=O)c1cc(C(=O)OCC(=O)C(C)(C)C)ccc1Cl. The van der Waals surface area contributed by atoms with Gasteiger partial charge in [-0.1, -0.05) is 36.8 Å². The Morgan fingerprint density at radius 2 is 1.83 bits per heavy atom. The highest BCUT2D eigenvalue weighted by Crippen LogP contribution is 2.25. The van der Waals surface area contributed by atoms with Crippen molar-refractivity contribution < 1.29 is 27.6 Å². The number of hydrogen-bond acceptors (Lipinski definition) is 6. The van der Waals surface area contributed by atoms with Crippen molar-refractivity contribution in [2.75, 3.05) is 20.8 Å². The van der Waals surface area contributed by atoms with Gasteiger partial charge in [-0.05, 0) is 18.2 Å². The van der Waals surface area contributed by atoms with Crippen LogP contribution in [0.25, 0.3) is 0 Å². The molecule has 0 atom stereocenters. The second kappa shape index (κ2) is 7.60. The fraction of sp³-hybridized carbons (Fsp3) is 0.467. The van der Waals surface area contributed by atoms with Crippen LogP contribution < -0.4 is 0 Å². The third kappa shape index (κ3) is 4.76. The van der Waals surface area contributed by atoms with Gasteiger partial charge in [0.25, 0.3) is 10.0 Å². The van der Waals surface area contributed by atoms with Crippen molar-refractivity contribution in [1.82, 2.24) is 4.47 Å². The summed E-state index contributed by atoms with van der Waals surface area (Å²) in [4.78, 5) is 28.2. The molecule has 0 spiro atoms. The minimum absolute atomic E-state index is 0.0378. The van der Waals surface area contributed by atoms with Crippen LogP contribution in [0.1, 0.15) is 31.1 Å². The Hall–Kier alpha value is -1.48. The molecule has 0 unspecified atom stereocenters. The maximum absolute atomic E-state index is 12.3. The first-order chi connectivity index (χ1) is 10.9. The Labute approximate surface area is 146 Å². The van der Waals surface area contributed by atoms with E-state index in [1.165, 1.54) is 26.3 Å². The first kappa shape index (κ1) is 20.6. The molecule has 134 valence electrons. The molecule has 0 saturated carbocycles. The second-order valence-corrected chi connectivity index (χ2v) is 8.30. The number of rotatable bonds is 6. The molecule has 24 heavy (non-hydrogen) atoms. The van der Waals surface area contributed by atoms with Gasteiger partial charge in [-0.15, -0.1) is 0 Å². The van der Waals surface area contributed by atoms with Crippen molar-refractivity contribution in [3.63, 3.8) is 0 Å². The molecule has 0 aliphatic rings. The molecule has 0 fully saturated rings. The summed E-state index contributed by atoms with van der Waals surface area (Å²) in [5, 5.41) is -0.0683. The van der Waals surface area contributed by atoms with E-state index in [9.17, 15) is 18.0 Å². The fourth-order valence-electron chi connectivity index (χ4n) is 1.50. The summed E-state index contributed by atoms with van der Waals surface area (Å²) in [5.41, 5.74) is -0.681. The van der Waals surface area contributed by atoms with Crippen LogP contribution in [-0.2, 0) is 24.4 Å². The van der Waals surface area contributed by atoms with Gasteiger partial charge in [0.05, 0.1) is 17.7 Å². The van der Waals surface area contributed by atoms with Gasteiger partial charge >= 0.3 is 5.97 Å². The zero-order chi connectivity index (χ0) is 18.7. The van der Waals surface area contributed by atoms with Gasteiger partial charge in [0, 0.05) is 12.5 Å². The minimum atomic E-state index is -4.03. The van der Waals surface area contributed by atoms with Crippen molar-refractivity contribution in [2.24, 2.45) is 5.41 Å². The molecule has 0 N–H and O–H groups in total. The number of hydroxylamine groups is 1. The third-order valence-corrected chi connectivity index (χ3v) is 5.37. The monoisotopic (exact) mass is 377 g/mol. The van der Waals surface area contributed by atoms with Gasteiger partial charge in [0.2, 0.25) is 0 Å². The number of Topliss-reactive ketones (excluding diaryl/α,β-unsaturated/α-hetero) is 1. The van der Waals surface area contributed by atoms with Gasteiger partial charge in [-0.2, -0.15) is 0 Å². The molecule has 0 heterocycles. The summed E-state index contributed by atoms with van der Waals surface area (Å²) >= 11 is 5.91. The molecular weight excluding hydrogens is 358 g/mol. The van der Waals surface area contributed by atoms with Crippen LogP contribution in [0.5, 0.6) is 0 Å². The topological polar surface area (TPSA) is 90.0 Å². The van der Waals surface area contributed by atoms with Crippen molar-refractivity contribution in [3.05, 3.63) is 28.8 Å². The molecule has 0 radical (unpaired) electrons. The van der Waals surface area contributed by atoms with E-state index in [1.54, 1.807) is 20.8 Å². The molecule has 9 heteroatoms. The highest BCUT2D eigenvalue weighted by atomic mass is 35.5. The average Bonchev–Trinajstić information content (AvgIpc) is 2.50.